The second kappa shape index (κ2) is 8.15. The summed E-state index contributed by atoms with van der Waals surface area (Å²) < 4.78 is 16.8. The maximum absolute atomic E-state index is 12.2. The predicted octanol–water partition coefficient (Wildman–Crippen LogP) is 3.00. The zero-order valence-electron chi connectivity index (χ0n) is 13.5. The van der Waals surface area contributed by atoms with Gasteiger partial charge >= 0.3 is 0 Å². The van der Waals surface area contributed by atoms with E-state index < -0.39 is 6.10 Å². The van der Waals surface area contributed by atoms with Gasteiger partial charge in [-0.1, -0.05) is 12.1 Å². The van der Waals surface area contributed by atoms with Crippen LogP contribution >= 0.6 is 0 Å². The number of rotatable bonds is 7. The summed E-state index contributed by atoms with van der Waals surface area (Å²) in [4.78, 5) is 12.2. The van der Waals surface area contributed by atoms with Gasteiger partial charge in [-0.25, -0.2) is 0 Å². The number of carbonyl (C=O) groups is 1. The lowest BCUT2D eigenvalue weighted by molar-refractivity contribution is -0.128. The first-order valence-corrected chi connectivity index (χ1v) is 7.86. The van der Waals surface area contributed by atoms with Crippen molar-refractivity contribution < 1.29 is 19.0 Å². The van der Waals surface area contributed by atoms with E-state index in [4.69, 9.17) is 14.2 Å². The standard InChI is InChI=1S/C17H25NO4/c1-12(2)22-16-9-5-4-8-15(16)18-17(19)13(3)21-11-14-7-6-10-20-14/h4-5,8-9,12-14H,6-7,10-11H2,1-3H3,(H,18,19). The van der Waals surface area contributed by atoms with Gasteiger partial charge in [0.15, 0.2) is 0 Å². The molecule has 1 aliphatic rings. The Hall–Kier alpha value is -1.59. The highest BCUT2D eigenvalue weighted by molar-refractivity contribution is 5.95. The Kier molecular flexibility index (Phi) is 6.21. The van der Waals surface area contributed by atoms with Crippen molar-refractivity contribution in [3.05, 3.63) is 24.3 Å². The number of carbonyl (C=O) groups excluding carboxylic acids is 1. The topological polar surface area (TPSA) is 56.8 Å². The number of benzene rings is 1. The lowest BCUT2D eigenvalue weighted by atomic mass is 10.2. The van der Waals surface area contributed by atoms with Crippen LogP contribution in [0, 0.1) is 0 Å². The van der Waals surface area contributed by atoms with Gasteiger partial charge in [0.05, 0.1) is 24.5 Å². The number of hydrogen-bond donors (Lipinski definition) is 1. The molecular weight excluding hydrogens is 282 g/mol. The summed E-state index contributed by atoms with van der Waals surface area (Å²) in [6.07, 6.45) is 1.70. The Balaban J connectivity index is 1.87. The van der Waals surface area contributed by atoms with Crippen molar-refractivity contribution in [1.29, 1.82) is 0 Å². The molecule has 1 fully saturated rings. The van der Waals surface area contributed by atoms with Crippen molar-refractivity contribution >= 4 is 11.6 Å². The fourth-order valence-corrected chi connectivity index (χ4v) is 2.26. The van der Waals surface area contributed by atoms with Crippen LogP contribution in [0.3, 0.4) is 0 Å². The summed E-state index contributed by atoms with van der Waals surface area (Å²) in [5, 5.41) is 2.86. The maximum atomic E-state index is 12.2. The van der Waals surface area contributed by atoms with Crippen LogP contribution in [0.2, 0.25) is 0 Å². The third-order valence-corrected chi connectivity index (χ3v) is 3.43. The molecule has 0 aliphatic carbocycles. The minimum Gasteiger partial charge on any atom is -0.489 e. The first kappa shape index (κ1) is 16.8. The van der Waals surface area contributed by atoms with Crippen molar-refractivity contribution in [3.63, 3.8) is 0 Å². The van der Waals surface area contributed by atoms with Crippen molar-refractivity contribution in [3.8, 4) is 5.75 Å². The van der Waals surface area contributed by atoms with Gasteiger partial charge in [-0.2, -0.15) is 0 Å². The molecule has 1 aliphatic heterocycles. The van der Waals surface area contributed by atoms with E-state index in [1.165, 1.54) is 0 Å². The molecule has 1 amide bonds. The summed E-state index contributed by atoms with van der Waals surface area (Å²) in [5.74, 6) is 0.481. The quantitative estimate of drug-likeness (QED) is 0.841. The van der Waals surface area contributed by atoms with E-state index in [9.17, 15) is 4.79 Å². The highest BCUT2D eigenvalue weighted by Crippen LogP contribution is 2.25. The van der Waals surface area contributed by atoms with Crippen LogP contribution in [0.25, 0.3) is 0 Å². The molecule has 122 valence electrons. The molecular formula is C17H25NO4. The third-order valence-electron chi connectivity index (χ3n) is 3.43. The molecule has 1 N–H and O–H groups in total. The monoisotopic (exact) mass is 307 g/mol. The average Bonchev–Trinajstić information content (AvgIpc) is 2.99. The largest absolute Gasteiger partial charge is 0.489 e. The number of amides is 1. The summed E-state index contributed by atoms with van der Waals surface area (Å²) in [5.41, 5.74) is 0.661. The van der Waals surface area contributed by atoms with Gasteiger partial charge in [-0.3, -0.25) is 4.79 Å². The Bertz CT molecular complexity index is 483. The molecule has 2 atom stereocenters. The Morgan fingerprint density at radius 3 is 2.82 bits per heavy atom. The number of anilines is 1. The molecule has 5 nitrogen and oxygen atoms in total. The number of hydrogen-bond acceptors (Lipinski definition) is 4. The second-order valence-corrected chi connectivity index (χ2v) is 5.76. The van der Waals surface area contributed by atoms with Crippen molar-refractivity contribution in [2.75, 3.05) is 18.5 Å². The van der Waals surface area contributed by atoms with Crippen molar-refractivity contribution in [2.45, 2.75) is 51.9 Å². The van der Waals surface area contributed by atoms with E-state index in [-0.39, 0.29) is 18.1 Å². The van der Waals surface area contributed by atoms with E-state index in [1.54, 1.807) is 6.92 Å². The fraction of sp³-hybridized carbons (Fsp3) is 0.588. The van der Waals surface area contributed by atoms with Crippen LogP contribution in [-0.4, -0.2) is 37.4 Å². The van der Waals surface area contributed by atoms with Crippen LogP contribution in [0.1, 0.15) is 33.6 Å². The normalized spacial score (nSPS) is 19.2. The van der Waals surface area contributed by atoms with E-state index in [0.29, 0.717) is 18.0 Å². The van der Waals surface area contributed by atoms with Crippen LogP contribution in [0.4, 0.5) is 5.69 Å². The molecule has 0 spiro atoms. The highest BCUT2D eigenvalue weighted by Gasteiger charge is 2.20. The first-order chi connectivity index (χ1) is 10.6. The fourth-order valence-electron chi connectivity index (χ4n) is 2.26. The average molecular weight is 307 g/mol. The molecule has 22 heavy (non-hydrogen) atoms. The number of ether oxygens (including phenoxy) is 3. The molecule has 1 saturated heterocycles. The molecule has 0 aromatic heterocycles. The molecule has 2 unspecified atom stereocenters. The Labute approximate surface area is 131 Å². The minimum absolute atomic E-state index is 0.0474. The zero-order valence-corrected chi connectivity index (χ0v) is 13.5. The van der Waals surface area contributed by atoms with Gasteiger partial charge in [0.1, 0.15) is 11.9 Å². The molecule has 1 heterocycles. The SMILES string of the molecule is CC(C)Oc1ccccc1NC(=O)C(C)OCC1CCCO1. The maximum Gasteiger partial charge on any atom is 0.253 e. The zero-order chi connectivity index (χ0) is 15.9. The molecule has 0 bridgehead atoms. The van der Waals surface area contributed by atoms with Gasteiger partial charge in [0.25, 0.3) is 5.91 Å². The predicted molar refractivity (Wildman–Crippen MR) is 85.2 cm³/mol. The minimum atomic E-state index is -0.531. The van der Waals surface area contributed by atoms with Crippen molar-refractivity contribution in [1.82, 2.24) is 0 Å². The summed E-state index contributed by atoms with van der Waals surface area (Å²) in [7, 11) is 0. The van der Waals surface area contributed by atoms with Gasteiger partial charge in [-0.05, 0) is 45.7 Å². The van der Waals surface area contributed by atoms with E-state index >= 15 is 0 Å². The van der Waals surface area contributed by atoms with Gasteiger partial charge in [-0.15, -0.1) is 0 Å². The molecule has 1 aromatic rings. The molecule has 5 heteroatoms. The highest BCUT2D eigenvalue weighted by atomic mass is 16.5. The van der Waals surface area contributed by atoms with E-state index in [2.05, 4.69) is 5.32 Å². The summed E-state index contributed by atoms with van der Waals surface area (Å²) >= 11 is 0. The molecule has 1 aromatic carbocycles. The third kappa shape index (κ3) is 5.00. The van der Waals surface area contributed by atoms with Crippen molar-refractivity contribution in [2.24, 2.45) is 0 Å². The van der Waals surface area contributed by atoms with Gasteiger partial charge < -0.3 is 19.5 Å². The summed E-state index contributed by atoms with van der Waals surface area (Å²) in [6.45, 7) is 6.89. The van der Waals surface area contributed by atoms with Gasteiger partial charge in [0, 0.05) is 6.61 Å². The Morgan fingerprint density at radius 1 is 1.36 bits per heavy atom. The van der Waals surface area contributed by atoms with Crippen LogP contribution in [0.5, 0.6) is 5.75 Å². The second-order valence-electron chi connectivity index (χ2n) is 5.76. The molecule has 0 radical (unpaired) electrons. The van der Waals surface area contributed by atoms with E-state index in [0.717, 1.165) is 19.4 Å². The Morgan fingerprint density at radius 2 is 2.14 bits per heavy atom. The lowest BCUT2D eigenvalue weighted by Crippen LogP contribution is -2.30. The number of nitrogens with one attached hydrogen (secondary N) is 1. The van der Waals surface area contributed by atoms with Crippen LogP contribution < -0.4 is 10.1 Å². The molecule has 2 rings (SSSR count). The first-order valence-electron chi connectivity index (χ1n) is 7.86. The van der Waals surface area contributed by atoms with E-state index in [1.807, 2.05) is 38.1 Å². The lowest BCUT2D eigenvalue weighted by Gasteiger charge is -2.18. The summed E-state index contributed by atoms with van der Waals surface area (Å²) in [6, 6.07) is 7.40. The smallest absolute Gasteiger partial charge is 0.253 e. The molecule has 0 saturated carbocycles. The van der Waals surface area contributed by atoms with Gasteiger partial charge in [0.2, 0.25) is 0 Å². The van der Waals surface area contributed by atoms with Crippen LogP contribution in [0.15, 0.2) is 24.3 Å². The van der Waals surface area contributed by atoms with Crippen LogP contribution in [-0.2, 0) is 14.3 Å². The number of para-hydroxylation sites is 2.